The number of nitrogens with zero attached hydrogens (tertiary/aromatic N) is 2. The number of carbonyl (C=O) groups is 1. The smallest absolute Gasteiger partial charge is 0.270 e. The number of amides is 1. The van der Waals surface area contributed by atoms with Crippen molar-refractivity contribution < 1.29 is 9.53 Å². The van der Waals surface area contributed by atoms with E-state index in [0.717, 1.165) is 28.1 Å². The van der Waals surface area contributed by atoms with Crippen LogP contribution in [0.5, 0.6) is 5.75 Å². The summed E-state index contributed by atoms with van der Waals surface area (Å²) >= 11 is 0. The minimum atomic E-state index is -0.262. The minimum Gasteiger partial charge on any atom is -0.496 e. The van der Waals surface area contributed by atoms with Gasteiger partial charge in [0.1, 0.15) is 23.1 Å². The summed E-state index contributed by atoms with van der Waals surface area (Å²) in [7, 11) is 1.61. The number of methoxy groups -OCH3 is 1. The Kier molecular flexibility index (Phi) is 6.12. The van der Waals surface area contributed by atoms with Crippen LogP contribution < -0.4 is 15.4 Å². The van der Waals surface area contributed by atoms with Gasteiger partial charge in [0.05, 0.1) is 7.11 Å². The molecule has 2 N–H and O–H groups in total. The molecule has 150 valence electrons. The summed E-state index contributed by atoms with van der Waals surface area (Å²) < 4.78 is 5.33. The highest BCUT2D eigenvalue weighted by Crippen LogP contribution is 2.25. The molecule has 0 saturated heterocycles. The third-order valence-electron chi connectivity index (χ3n) is 4.63. The Balaban J connectivity index is 1.79. The summed E-state index contributed by atoms with van der Waals surface area (Å²) in [6, 6.07) is 13.5. The number of ether oxygens (including phenoxy) is 1. The molecule has 0 atom stereocenters. The second-order valence-corrected chi connectivity index (χ2v) is 7.08. The number of benzene rings is 2. The lowest BCUT2D eigenvalue weighted by Gasteiger charge is -2.14. The Labute approximate surface area is 171 Å². The highest BCUT2D eigenvalue weighted by atomic mass is 16.5. The average Bonchev–Trinajstić information content (AvgIpc) is 2.68. The van der Waals surface area contributed by atoms with Crippen LogP contribution in [0.4, 0.5) is 11.5 Å². The molecule has 0 unspecified atom stereocenters. The summed E-state index contributed by atoms with van der Waals surface area (Å²) in [6.45, 7) is 8.30. The van der Waals surface area contributed by atoms with E-state index in [2.05, 4.69) is 53.5 Å². The Bertz CT molecular complexity index is 1020. The molecule has 1 heterocycles. The fourth-order valence-corrected chi connectivity index (χ4v) is 3.37. The van der Waals surface area contributed by atoms with Gasteiger partial charge in [0.25, 0.3) is 5.91 Å². The van der Waals surface area contributed by atoms with Gasteiger partial charge in [-0.1, -0.05) is 35.9 Å². The fourth-order valence-electron chi connectivity index (χ4n) is 3.37. The maximum atomic E-state index is 12.7. The Hall–Kier alpha value is -3.41. The summed E-state index contributed by atoms with van der Waals surface area (Å²) in [5.41, 5.74) is 5.67. The van der Waals surface area contributed by atoms with Crippen LogP contribution >= 0.6 is 0 Å². The molecule has 6 nitrogen and oxygen atoms in total. The van der Waals surface area contributed by atoms with Crippen LogP contribution in [0.25, 0.3) is 0 Å². The highest BCUT2D eigenvalue weighted by molar-refractivity contribution is 5.93. The Morgan fingerprint density at radius 2 is 1.69 bits per heavy atom. The number of nitrogens with one attached hydrogen (secondary N) is 2. The van der Waals surface area contributed by atoms with Crippen molar-refractivity contribution in [1.82, 2.24) is 15.3 Å². The molecular formula is C23H26N4O2. The van der Waals surface area contributed by atoms with Gasteiger partial charge < -0.3 is 15.4 Å². The van der Waals surface area contributed by atoms with E-state index in [1.807, 2.05) is 24.3 Å². The lowest BCUT2D eigenvalue weighted by atomic mass is 10.1. The van der Waals surface area contributed by atoms with Crippen LogP contribution in [-0.2, 0) is 6.54 Å². The van der Waals surface area contributed by atoms with E-state index in [4.69, 9.17) is 4.74 Å². The van der Waals surface area contributed by atoms with E-state index in [0.29, 0.717) is 23.9 Å². The van der Waals surface area contributed by atoms with Crippen LogP contribution in [0.15, 0.2) is 42.5 Å². The largest absolute Gasteiger partial charge is 0.496 e. The zero-order valence-corrected chi connectivity index (χ0v) is 17.5. The Morgan fingerprint density at radius 3 is 2.38 bits per heavy atom. The minimum absolute atomic E-state index is 0.262. The molecule has 0 fully saturated rings. The fraction of sp³-hybridized carbons (Fsp3) is 0.261. The topological polar surface area (TPSA) is 76.1 Å². The molecule has 1 amide bonds. The highest BCUT2D eigenvalue weighted by Gasteiger charge is 2.13. The Morgan fingerprint density at radius 1 is 1.00 bits per heavy atom. The molecule has 0 aliphatic carbocycles. The van der Waals surface area contributed by atoms with Crippen molar-refractivity contribution in [2.24, 2.45) is 0 Å². The molecule has 0 spiro atoms. The van der Waals surface area contributed by atoms with Gasteiger partial charge >= 0.3 is 0 Å². The molecule has 0 radical (unpaired) electrons. The number of aryl methyl sites for hydroxylation is 4. The van der Waals surface area contributed by atoms with E-state index < -0.39 is 0 Å². The summed E-state index contributed by atoms with van der Waals surface area (Å²) in [5.74, 6) is 1.59. The lowest BCUT2D eigenvalue weighted by Crippen LogP contribution is -2.24. The number of para-hydroxylation sites is 1. The normalized spacial score (nSPS) is 10.5. The molecule has 3 aromatic rings. The number of aromatic nitrogens is 2. The molecule has 2 aromatic carbocycles. The molecule has 3 rings (SSSR count). The first-order valence-corrected chi connectivity index (χ1v) is 9.48. The van der Waals surface area contributed by atoms with E-state index >= 15 is 0 Å². The molecule has 0 bridgehead atoms. The van der Waals surface area contributed by atoms with Crippen molar-refractivity contribution in [2.75, 3.05) is 12.4 Å². The molecular weight excluding hydrogens is 364 g/mol. The second kappa shape index (κ2) is 8.73. The van der Waals surface area contributed by atoms with Crippen molar-refractivity contribution in [3.8, 4) is 5.75 Å². The van der Waals surface area contributed by atoms with E-state index in [1.165, 1.54) is 5.56 Å². The van der Waals surface area contributed by atoms with Gasteiger partial charge in [-0.25, -0.2) is 9.97 Å². The number of hydrogen-bond donors (Lipinski definition) is 2. The van der Waals surface area contributed by atoms with Crippen molar-refractivity contribution in [3.63, 3.8) is 0 Å². The van der Waals surface area contributed by atoms with Crippen LogP contribution in [0.2, 0.25) is 0 Å². The van der Waals surface area contributed by atoms with Crippen LogP contribution in [-0.4, -0.2) is 23.0 Å². The van der Waals surface area contributed by atoms with Gasteiger partial charge in [-0.15, -0.1) is 0 Å². The van der Waals surface area contributed by atoms with Gasteiger partial charge in [-0.05, 0) is 44.9 Å². The van der Waals surface area contributed by atoms with Crippen molar-refractivity contribution in [1.29, 1.82) is 0 Å². The average molecular weight is 390 g/mol. The standard InChI is InChI=1S/C23H26N4O2/c1-14-10-15(2)22(16(3)11-14)27-21-12-19(25-17(4)26-21)23(28)24-13-18-8-6-7-9-20(18)29-5/h6-12H,13H2,1-5H3,(H,24,28)(H,25,26,27). The zero-order chi connectivity index (χ0) is 21.0. The van der Waals surface area contributed by atoms with Crippen molar-refractivity contribution in [2.45, 2.75) is 34.2 Å². The SMILES string of the molecule is COc1ccccc1CNC(=O)c1cc(Nc2c(C)cc(C)cc2C)nc(C)n1. The monoisotopic (exact) mass is 390 g/mol. The third-order valence-corrected chi connectivity index (χ3v) is 4.63. The van der Waals surface area contributed by atoms with Gasteiger partial charge in [0.2, 0.25) is 0 Å². The maximum Gasteiger partial charge on any atom is 0.270 e. The van der Waals surface area contributed by atoms with E-state index in [1.54, 1.807) is 20.1 Å². The van der Waals surface area contributed by atoms with Crippen LogP contribution in [0.1, 0.15) is 38.6 Å². The number of carbonyl (C=O) groups excluding carboxylic acids is 1. The van der Waals surface area contributed by atoms with Gasteiger partial charge in [-0.3, -0.25) is 4.79 Å². The van der Waals surface area contributed by atoms with Crippen molar-refractivity contribution >= 4 is 17.4 Å². The molecule has 0 aliphatic rings. The quantitative estimate of drug-likeness (QED) is 0.653. The molecule has 1 aromatic heterocycles. The zero-order valence-electron chi connectivity index (χ0n) is 17.5. The predicted molar refractivity (Wildman–Crippen MR) is 115 cm³/mol. The van der Waals surface area contributed by atoms with Crippen molar-refractivity contribution in [3.05, 3.63) is 76.2 Å². The second-order valence-electron chi connectivity index (χ2n) is 7.08. The first-order valence-electron chi connectivity index (χ1n) is 9.48. The molecule has 6 heteroatoms. The first kappa shape index (κ1) is 20.3. The summed E-state index contributed by atoms with van der Waals surface area (Å²) in [4.78, 5) is 21.4. The summed E-state index contributed by atoms with van der Waals surface area (Å²) in [5, 5.41) is 6.25. The predicted octanol–water partition coefficient (Wildman–Crippen LogP) is 4.39. The van der Waals surface area contributed by atoms with E-state index in [-0.39, 0.29) is 5.91 Å². The number of hydrogen-bond acceptors (Lipinski definition) is 5. The molecule has 29 heavy (non-hydrogen) atoms. The van der Waals surface area contributed by atoms with Gasteiger partial charge in [0, 0.05) is 23.9 Å². The van der Waals surface area contributed by atoms with Crippen LogP contribution in [0.3, 0.4) is 0 Å². The third kappa shape index (κ3) is 4.90. The number of rotatable bonds is 6. The van der Waals surface area contributed by atoms with Gasteiger partial charge in [-0.2, -0.15) is 0 Å². The first-order chi connectivity index (χ1) is 13.9. The molecule has 0 saturated carbocycles. The van der Waals surface area contributed by atoms with Crippen LogP contribution in [0, 0.1) is 27.7 Å². The van der Waals surface area contributed by atoms with E-state index in [9.17, 15) is 4.79 Å². The lowest BCUT2D eigenvalue weighted by molar-refractivity contribution is 0.0945. The maximum absolute atomic E-state index is 12.7. The summed E-state index contributed by atoms with van der Waals surface area (Å²) in [6.07, 6.45) is 0. The number of anilines is 2. The van der Waals surface area contributed by atoms with Gasteiger partial charge in [0.15, 0.2) is 0 Å². The molecule has 0 aliphatic heterocycles.